The van der Waals surface area contributed by atoms with Gasteiger partial charge in [-0.1, -0.05) is 22.7 Å². The van der Waals surface area contributed by atoms with Gasteiger partial charge in [-0.3, -0.25) is 4.79 Å². The summed E-state index contributed by atoms with van der Waals surface area (Å²) >= 11 is 1.05. The number of benzene rings is 1. The van der Waals surface area contributed by atoms with Crippen LogP contribution in [-0.2, 0) is 6.42 Å². The van der Waals surface area contributed by atoms with Crippen LogP contribution in [-0.4, -0.2) is 22.0 Å². The first-order valence-electron chi connectivity index (χ1n) is 5.75. The van der Waals surface area contributed by atoms with Gasteiger partial charge in [0.05, 0.1) is 0 Å². The number of amides is 1. The lowest BCUT2D eigenvalue weighted by atomic mass is 10.0. The normalized spacial score (nSPS) is 14.3. The van der Waals surface area contributed by atoms with Crippen LogP contribution < -0.4 is 10.6 Å². The minimum atomic E-state index is -0.159. The third kappa shape index (κ3) is 1.74. The molecule has 5 nitrogen and oxygen atoms in total. The van der Waals surface area contributed by atoms with E-state index in [0.717, 1.165) is 30.1 Å². The van der Waals surface area contributed by atoms with Crippen LogP contribution in [0.1, 0.15) is 22.5 Å². The van der Waals surface area contributed by atoms with E-state index in [1.54, 1.807) is 4.90 Å². The minimum absolute atomic E-state index is 0.159. The molecular weight excluding hydrogens is 248 g/mol. The van der Waals surface area contributed by atoms with Crippen LogP contribution in [0.4, 0.5) is 10.7 Å². The fourth-order valence-corrected chi connectivity index (χ4v) is 2.64. The van der Waals surface area contributed by atoms with E-state index in [2.05, 4.69) is 15.7 Å². The van der Waals surface area contributed by atoms with Crippen molar-refractivity contribution in [3.8, 4) is 0 Å². The number of aromatic nitrogens is 2. The van der Waals surface area contributed by atoms with Crippen LogP contribution in [0.3, 0.4) is 0 Å². The molecule has 6 heteroatoms. The van der Waals surface area contributed by atoms with E-state index in [1.165, 1.54) is 5.56 Å². The Morgan fingerprint density at radius 3 is 3.00 bits per heavy atom. The highest BCUT2D eigenvalue weighted by molar-refractivity contribution is 7.10. The summed E-state index contributed by atoms with van der Waals surface area (Å²) in [5, 5.41) is 4.19. The van der Waals surface area contributed by atoms with Crippen molar-refractivity contribution >= 4 is 28.1 Å². The Morgan fingerprint density at radius 2 is 2.22 bits per heavy atom. The van der Waals surface area contributed by atoms with Crippen molar-refractivity contribution in [3.05, 3.63) is 35.5 Å². The Labute approximate surface area is 108 Å². The molecule has 0 spiro atoms. The summed E-state index contributed by atoms with van der Waals surface area (Å²) in [6.45, 7) is 0.701. The Bertz CT molecular complexity index is 595. The first kappa shape index (κ1) is 11.2. The monoisotopic (exact) mass is 260 g/mol. The predicted molar refractivity (Wildman–Crippen MR) is 70.8 cm³/mol. The molecule has 2 N–H and O–H groups in total. The summed E-state index contributed by atoms with van der Waals surface area (Å²) in [4.78, 5) is 14.1. The lowest BCUT2D eigenvalue weighted by Gasteiger charge is -2.28. The van der Waals surface area contributed by atoms with Crippen molar-refractivity contribution in [1.29, 1.82) is 0 Å². The molecule has 0 aliphatic carbocycles. The number of carbonyl (C=O) groups is 1. The molecule has 0 fully saturated rings. The van der Waals surface area contributed by atoms with Gasteiger partial charge in [0.15, 0.2) is 5.69 Å². The first-order chi connectivity index (χ1) is 8.77. The van der Waals surface area contributed by atoms with Gasteiger partial charge in [0, 0.05) is 23.8 Å². The lowest BCUT2D eigenvalue weighted by molar-refractivity contribution is 0.0981. The fourth-order valence-electron chi connectivity index (χ4n) is 2.22. The third-order valence-electron chi connectivity index (χ3n) is 3.07. The molecule has 0 saturated carbocycles. The number of hydrogen-bond donors (Lipinski definition) is 1. The van der Waals surface area contributed by atoms with Gasteiger partial charge >= 0.3 is 0 Å². The number of rotatable bonds is 1. The summed E-state index contributed by atoms with van der Waals surface area (Å²) < 4.78 is 3.71. The zero-order chi connectivity index (χ0) is 12.5. The quantitative estimate of drug-likeness (QED) is 0.847. The highest BCUT2D eigenvalue weighted by atomic mass is 32.1. The molecule has 1 aromatic heterocycles. The zero-order valence-corrected chi connectivity index (χ0v) is 10.5. The van der Waals surface area contributed by atoms with Crippen molar-refractivity contribution in [2.45, 2.75) is 12.8 Å². The molecule has 92 valence electrons. The molecule has 2 heterocycles. The van der Waals surface area contributed by atoms with Gasteiger partial charge < -0.3 is 10.6 Å². The summed E-state index contributed by atoms with van der Waals surface area (Å²) in [5.74, 6) is -0.159. The van der Waals surface area contributed by atoms with Crippen molar-refractivity contribution in [3.63, 3.8) is 0 Å². The molecule has 2 aromatic rings. The van der Waals surface area contributed by atoms with E-state index in [4.69, 9.17) is 5.73 Å². The van der Waals surface area contributed by atoms with Gasteiger partial charge in [-0.25, -0.2) is 0 Å². The molecule has 3 rings (SSSR count). The van der Waals surface area contributed by atoms with E-state index >= 15 is 0 Å². The highest BCUT2D eigenvalue weighted by Gasteiger charge is 2.26. The second-order valence-electron chi connectivity index (χ2n) is 4.17. The molecule has 0 radical (unpaired) electrons. The van der Waals surface area contributed by atoms with E-state index in [-0.39, 0.29) is 11.6 Å². The maximum Gasteiger partial charge on any atom is 0.281 e. The summed E-state index contributed by atoms with van der Waals surface area (Å²) in [7, 11) is 0. The Kier molecular flexibility index (Phi) is 2.71. The van der Waals surface area contributed by atoms with Crippen molar-refractivity contribution in [1.82, 2.24) is 9.59 Å². The predicted octanol–water partition coefficient (Wildman–Crippen LogP) is 1.71. The summed E-state index contributed by atoms with van der Waals surface area (Å²) in [5.41, 5.74) is 8.13. The molecule has 18 heavy (non-hydrogen) atoms. The van der Waals surface area contributed by atoms with Gasteiger partial charge in [0.2, 0.25) is 0 Å². The van der Waals surface area contributed by atoms with Gasteiger partial charge in [-0.2, -0.15) is 0 Å². The van der Waals surface area contributed by atoms with Gasteiger partial charge in [0.1, 0.15) is 5.00 Å². The Balaban J connectivity index is 2.00. The molecule has 0 atom stereocenters. The van der Waals surface area contributed by atoms with E-state index in [9.17, 15) is 4.79 Å². The van der Waals surface area contributed by atoms with Crippen LogP contribution in [0.25, 0.3) is 0 Å². The van der Waals surface area contributed by atoms with Crippen molar-refractivity contribution in [2.24, 2.45) is 0 Å². The number of nitrogen functional groups attached to an aromatic ring is 1. The number of aryl methyl sites for hydroxylation is 1. The van der Waals surface area contributed by atoms with Crippen molar-refractivity contribution in [2.75, 3.05) is 17.2 Å². The second-order valence-corrected chi connectivity index (χ2v) is 4.96. The lowest BCUT2D eigenvalue weighted by Crippen LogP contribution is -2.36. The average Bonchev–Trinajstić information content (AvgIpc) is 2.83. The number of nitrogens with zero attached hydrogens (tertiary/aromatic N) is 3. The number of nitrogens with two attached hydrogens (primary N) is 1. The number of para-hydroxylation sites is 1. The van der Waals surface area contributed by atoms with Crippen molar-refractivity contribution < 1.29 is 4.79 Å². The molecule has 1 aliphatic heterocycles. The van der Waals surface area contributed by atoms with Crippen LogP contribution >= 0.6 is 11.5 Å². The topological polar surface area (TPSA) is 72.1 Å². The Morgan fingerprint density at radius 1 is 1.39 bits per heavy atom. The maximum absolute atomic E-state index is 12.4. The number of anilines is 2. The van der Waals surface area contributed by atoms with Gasteiger partial charge in [0.25, 0.3) is 5.91 Å². The van der Waals surface area contributed by atoms with E-state index in [0.29, 0.717) is 11.5 Å². The van der Waals surface area contributed by atoms with Gasteiger partial charge in [-0.05, 0) is 24.5 Å². The zero-order valence-electron chi connectivity index (χ0n) is 9.67. The first-order valence-corrected chi connectivity index (χ1v) is 6.52. The third-order valence-corrected chi connectivity index (χ3v) is 3.62. The number of fused-ring (bicyclic) bond motifs is 1. The van der Waals surface area contributed by atoms with Gasteiger partial charge in [-0.15, -0.1) is 5.10 Å². The fraction of sp³-hybridized carbons (Fsp3) is 0.250. The molecule has 1 aliphatic rings. The molecule has 1 amide bonds. The molecular formula is C12H12N4OS. The summed E-state index contributed by atoms with van der Waals surface area (Å²) in [6, 6.07) is 7.94. The second kappa shape index (κ2) is 4.38. The molecule has 0 saturated heterocycles. The molecule has 0 bridgehead atoms. The molecule has 1 aromatic carbocycles. The maximum atomic E-state index is 12.4. The van der Waals surface area contributed by atoms with Crippen LogP contribution in [0.15, 0.2) is 24.3 Å². The average molecular weight is 260 g/mol. The van der Waals surface area contributed by atoms with Crippen LogP contribution in [0.5, 0.6) is 0 Å². The Hall–Kier alpha value is -1.95. The number of hydrogen-bond acceptors (Lipinski definition) is 5. The van der Waals surface area contributed by atoms with E-state index in [1.807, 2.05) is 18.2 Å². The van der Waals surface area contributed by atoms with Crippen LogP contribution in [0, 0.1) is 0 Å². The highest BCUT2D eigenvalue weighted by Crippen LogP contribution is 2.28. The minimum Gasteiger partial charge on any atom is -0.387 e. The van der Waals surface area contributed by atoms with Crippen LogP contribution in [0.2, 0.25) is 0 Å². The van der Waals surface area contributed by atoms with E-state index < -0.39 is 0 Å². The SMILES string of the molecule is Nc1snnc1C(=O)N1CCCc2ccccc21. The smallest absolute Gasteiger partial charge is 0.281 e. The molecule has 0 unspecified atom stereocenters. The summed E-state index contributed by atoms with van der Waals surface area (Å²) in [6.07, 6.45) is 1.96. The standard InChI is InChI=1S/C12H12N4OS/c13-11-10(14-15-18-11)12(17)16-7-3-5-8-4-1-2-6-9(8)16/h1-2,4,6H,3,5,7,13H2. The largest absolute Gasteiger partial charge is 0.387 e. The number of carbonyl (C=O) groups excluding carboxylic acids is 1.